The minimum absolute atomic E-state index is 0.0444. The number of carboxylic acid groups (broad SMARTS) is 1. The molecule has 0 spiro atoms. The second-order valence-corrected chi connectivity index (χ2v) is 5.59. The van der Waals surface area contributed by atoms with Crippen molar-refractivity contribution in [2.24, 2.45) is 5.92 Å². The largest absolute Gasteiger partial charge is 0.481 e. The summed E-state index contributed by atoms with van der Waals surface area (Å²) in [7, 11) is 0. The average Bonchev–Trinajstić information content (AvgIpc) is 2.49. The van der Waals surface area contributed by atoms with Crippen LogP contribution in [0.3, 0.4) is 0 Å². The van der Waals surface area contributed by atoms with Crippen LogP contribution in [-0.2, 0) is 4.79 Å². The molecule has 1 aliphatic rings. The van der Waals surface area contributed by atoms with E-state index in [-0.39, 0.29) is 23.7 Å². The van der Waals surface area contributed by atoms with Gasteiger partial charge in [0.1, 0.15) is 5.69 Å². The van der Waals surface area contributed by atoms with Crippen LogP contribution in [0.2, 0.25) is 5.02 Å². The number of likely N-dealkylation sites (tertiary alicyclic amines) is 1. The predicted octanol–water partition coefficient (Wildman–Crippen LogP) is 3.26. The number of urea groups is 1. The molecule has 120 valence electrons. The number of hydrogen-bond acceptors (Lipinski definition) is 2. The summed E-state index contributed by atoms with van der Waals surface area (Å²) in [6.07, 6.45) is 0.626. The van der Waals surface area contributed by atoms with Crippen LogP contribution in [0.5, 0.6) is 0 Å². The molecule has 5 nitrogen and oxygen atoms in total. The monoisotopic (exact) mass is 332 g/mol. The van der Waals surface area contributed by atoms with Gasteiger partial charge in [-0.3, -0.25) is 4.79 Å². The van der Waals surface area contributed by atoms with Gasteiger partial charge in [0.25, 0.3) is 0 Å². The van der Waals surface area contributed by atoms with Gasteiger partial charge in [-0.25, -0.2) is 13.6 Å². The van der Waals surface area contributed by atoms with E-state index in [2.05, 4.69) is 5.32 Å². The number of aliphatic carboxylic acids is 1. The topological polar surface area (TPSA) is 69.6 Å². The number of piperidine rings is 1. The van der Waals surface area contributed by atoms with Crippen LogP contribution in [0.1, 0.15) is 18.4 Å². The van der Waals surface area contributed by atoms with Crippen molar-refractivity contribution in [1.29, 1.82) is 0 Å². The third-order valence-corrected chi connectivity index (χ3v) is 4.16. The molecule has 0 aromatic heterocycles. The Morgan fingerprint density at radius 1 is 1.36 bits per heavy atom. The van der Waals surface area contributed by atoms with Gasteiger partial charge >= 0.3 is 12.0 Å². The van der Waals surface area contributed by atoms with E-state index in [9.17, 15) is 18.4 Å². The summed E-state index contributed by atoms with van der Waals surface area (Å²) in [6.45, 7) is 1.82. The van der Waals surface area contributed by atoms with Crippen molar-refractivity contribution in [3.63, 3.8) is 0 Å². The Balaban J connectivity index is 2.08. The van der Waals surface area contributed by atoms with Gasteiger partial charge in [-0.1, -0.05) is 11.6 Å². The van der Waals surface area contributed by atoms with Crippen LogP contribution in [0, 0.1) is 24.5 Å². The lowest BCUT2D eigenvalue weighted by atomic mass is 9.97. The second-order valence-electron chi connectivity index (χ2n) is 5.18. The maximum atomic E-state index is 14.0. The van der Waals surface area contributed by atoms with E-state index in [1.165, 1.54) is 11.8 Å². The standard InChI is InChI=1S/C14H15ClF2N2O3/c1-7-9(15)6-10(16)12(11(7)17)18-14(22)19-4-2-8(3-5-19)13(20)21/h6,8H,2-5H2,1H3,(H,18,22)(H,20,21). The highest BCUT2D eigenvalue weighted by Crippen LogP contribution is 2.28. The molecule has 0 saturated carbocycles. The first-order chi connectivity index (χ1) is 10.3. The molecule has 2 N–H and O–H groups in total. The van der Waals surface area contributed by atoms with Crippen LogP contribution >= 0.6 is 11.6 Å². The number of hydrogen-bond donors (Lipinski definition) is 2. The number of carbonyl (C=O) groups excluding carboxylic acids is 1. The summed E-state index contributed by atoms with van der Waals surface area (Å²) in [5, 5.41) is 11.0. The van der Waals surface area contributed by atoms with E-state index in [4.69, 9.17) is 16.7 Å². The maximum Gasteiger partial charge on any atom is 0.322 e. The lowest BCUT2D eigenvalue weighted by Crippen LogP contribution is -2.42. The van der Waals surface area contributed by atoms with Crippen LogP contribution in [-0.4, -0.2) is 35.1 Å². The lowest BCUT2D eigenvalue weighted by molar-refractivity contribution is -0.143. The molecule has 0 radical (unpaired) electrons. The highest BCUT2D eigenvalue weighted by molar-refractivity contribution is 6.31. The first-order valence-electron chi connectivity index (χ1n) is 6.74. The number of benzene rings is 1. The Morgan fingerprint density at radius 3 is 2.50 bits per heavy atom. The number of nitrogens with zero attached hydrogens (tertiary/aromatic N) is 1. The zero-order chi connectivity index (χ0) is 16.4. The second kappa shape index (κ2) is 6.48. The van der Waals surface area contributed by atoms with Crippen LogP contribution in [0.4, 0.5) is 19.3 Å². The minimum Gasteiger partial charge on any atom is -0.481 e. The quantitative estimate of drug-likeness (QED) is 0.873. The lowest BCUT2D eigenvalue weighted by Gasteiger charge is -2.30. The zero-order valence-electron chi connectivity index (χ0n) is 11.8. The van der Waals surface area contributed by atoms with Crippen molar-refractivity contribution in [3.05, 3.63) is 28.3 Å². The van der Waals surface area contributed by atoms with Gasteiger partial charge in [-0.15, -0.1) is 0 Å². The summed E-state index contributed by atoms with van der Waals surface area (Å²) in [6, 6.07) is 0.273. The first kappa shape index (κ1) is 16.5. The van der Waals surface area contributed by atoms with Gasteiger partial charge in [0.15, 0.2) is 11.6 Å². The smallest absolute Gasteiger partial charge is 0.322 e. The number of halogens is 3. The fourth-order valence-corrected chi connectivity index (χ4v) is 2.50. The summed E-state index contributed by atoms with van der Waals surface area (Å²) in [5.41, 5.74) is -0.504. The van der Waals surface area contributed by atoms with Crippen LogP contribution in [0.25, 0.3) is 0 Å². The normalized spacial score (nSPS) is 15.7. The Bertz CT molecular complexity index is 617. The van der Waals surface area contributed by atoms with Gasteiger partial charge in [-0.05, 0) is 25.8 Å². The molecular formula is C14H15ClF2N2O3. The number of nitrogens with one attached hydrogen (secondary N) is 1. The molecule has 1 fully saturated rings. The Hall–Kier alpha value is -1.89. The summed E-state index contributed by atoms with van der Waals surface area (Å²) in [5.74, 6) is -3.26. The first-order valence-corrected chi connectivity index (χ1v) is 7.12. The van der Waals surface area contributed by atoms with E-state index in [0.717, 1.165) is 6.07 Å². The van der Waals surface area contributed by atoms with Crippen molar-refractivity contribution in [3.8, 4) is 0 Å². The van der Waals surface area contributed by atoms with Crippen molar-refractivity contribution in [1.82, 2.24) is 4.90 Å². The van der Waals surface area contributed by atoms with Crippen LogP contribution in [0.15, 0.2) is 6.07 Å². The van der Waals surface area contributed by atoms with E-state index in [1.807, 2.05) is 0 Å². The average molecular weight is 333 g/mol. The molecule has 2 amide bonds. The minimum atomic E-state index is -0.957. The van der Waals surface area contributed by atoms with Gasteiger partial charge in [0, 0.05) is 23.7 Å². The number of rotatable bonds is 2. The Labute approximate surface area is 130 Å². The molecule has 1 aromatic rings. The SMILES string of the molecule is Cc1c(Cl)cc(F)c(NC(=O)N2CCC(C(=O)O)CC2)c1F. The van der Waals surface area contributed by atoms with Crippen molar-refractivity contribution >= 4 is 29.3 Å². The molecule has 0 bridgehead atoms. The van der Waals surface area contributed by atoms with Gasteiger partial charge in [0.05, 0.1) is 5.92 Å². The summed E-state index contributed by atoms with van der Waals surface area (Å²) >= 11 is 5.66. The van der Waals surface area contributed by atoms with Crippen molar-refractivity contribution in [2.45, 2.75) is 19.8 Å². The number of amides is 2. The molecule has 1 aromatic carbocycles. The van der Waals surface area contributed by atoms with E-state index >= 15 is 0 Å². The fourth-order valence-electron chi connectivity index (χ4n) is 2.32. The van der Waals surface area contributed by atoms with Gasteiger partial charge in [-0.2, -0.15) is 0 Å². The van der Waals surface area contributed by atoms with Crippen LogP contribution < -0.4 is 5.32 Å². The number of carbonyl (C=O) groups is 2. The molecule has 0 aliphatic carbocycles. The predicted molar refractivity (Wildman–Crippen MR) is 77.1 cm³/mol. The molecule has 22 heavy (non-hydrogen) atoms. The molecule has 8 heteroatoms. The Morgan fingerprint density at radius 2 is 1.95 bits per heavy atom. The third kappa shape index (κ3) is 3.30. The van der Waals surface area contributed by atoms with Crippen molar-refractivity contribution < 1.29 is 23.5 Å². The van der Waals surface area contributed by atoms with Crippen molar-refractivity contribution in [2.75, 3.05) is 18.4 Å². The molecular weight excluding hydrogens is 318 g/mol. The van der Waals surface area contributed by atoms with E-state index < -0.39 is 35.2 Å². The highest BCUT2D eigenvalue weighted by Gasteiger charge is 2.28. The molecule has 0 atom stereocenters. The third-order valence-electron chi connectivity index (χ3n) is 3.76. The molecule has 0 unspecified atom stereocenters. The number of carboxylic acids is 1. The highest BCUT2D eigenvalue weighted by atomic mass is 35.5. The number of anilines is 1. The molecule has 1 saturated heterocycles. The summed E-state index contributed by atoms with van der Waals surface area (Å²) < 4.78 is 27.7. The van der Waals surface area contributed by atoms with E-state index in [0.29, 0.717) is 12.8 Å². The maximum absolute atomic E-state index is 14.0. The summed E-state index contributed by atoms with van der Waals surface area (Å²) in [4.78, 5) is 24.2. The zero-order valence-corrected chi connectivity index (χ0v) is 12.6. The van der Waals surface area contributed by atoms with Gasteiger partial charge in [0.2, 0.25) is 0 Å². The van der Waals surface area contributed by atoms with Gasteiger partial charge < -0.3 is 15.3 Å². The Kier molecular flexibility index (Phi) is 4.85. The molecule has 1 aliphatic heterocycles. The fraction of sp³-hybridized carbons (Fsp3) is 0.429. The molecule has 2 rings (SSSR count). The molecule has 1 heterocycles. The van der Waals surface area contributed by atoms with E-state index in [1.54, 1.807) is 0 Å².